The number of carboxylic acids is 1. The van der Waals surface area contributed by atoms with Crippen LogP contribution in [0.1, 0.15) is 6.42 Å². The molecular formula is C13H13FN2O4. The number of benzene rings is 1. The number of hydrogen-bond donors (Lipinski definition) is 3. The number of nitrogens with one attached hydrogen (secondary N) is 2. The highest BCUT2D eigenvalue weighted by Crippen LogP contribution is 2.38. The van der Waals surface area contributed by atoms with Gasteiger partial charge in [-0.15, -0.1) is 0 Å². The summed E-state index contributed by atoms with van der Waals surface area (Å²) in [5.41, 5.74) is 0.291. The molecule has 0 spiro atoms. The van der Waals surface area contributed by atoms with E-state index in [0.29, 0.717) is 12.1 Å². The van der Waals surface area contributed by atoms with Crippen LogP contribution in [0.4, 0.5) is 10.1 Å². The Morgan fingerprint density at radius 1 is 1.30 bits per heavy atom. The van der Waals surface area contributed by atoms with Crippen molar-refractivity contribution in [3.63, 3.8) is 0 Å². The van der Waals surface area contributed by atoms with Crippen molar-refractivity contribution in [3.05, 3.63) is 30.1 Å². The molecule has 0 aromatic heterocycles. The van der Waals surface area contributed by atoms with Gasteiger partial charge in [-0.25, -0.2) is 4.39 Å². The topological polar surface area (TPSA) is 95.5 Å². The molecule has 1 aliphatic rings. The van der Waals surface area contributed by atoms with Crippen molar-refractivity contribution >= 4 is 23.5 Å². The summed E-state index contributed by atoms with van der Waals surface area (Å²) < 4.78 is 12.9. The van der Waals surface area contributed by atoms with Crippen LogP contribution >= 0.6 is 0 Å². The lowest BCUT2D eigenvalue weighted by Gasteiger charge is -2.06. The highest BCUT2D eigenvalue weighted by atomic mass is 19.1. The van der Waals surface area contributed by atoms with E-state index in [2.05, 4.69) is 10.6 Å². The zero-order valence-electron chi connectivity index (χ0n) is 10.4. The second-order valence-corrected chi connectivity index (χ2v) is 4.56. The van der Waals surface area contributed by atoms with E-state index in [-0.39, 0.29) is 6.54 Å². The van der Waals surface area contributed by atoms with Crippen LogP contribution in [0.15, 0.2) is 24.3 Å². The lowest BCUT2D eigenvalue weighted by atomic mass is 10.3. The fourth-order valence-corrected chi connectivity index (χ4v) is 1.83. The number of aliphatic carboxylic acids is 1. The van der Waals surface area contributed by atoms with Crippen molar-refractivity contribution in [1.29, 1.82) is 0 Å². The standard InChI is InChI=1S/C13H13FN2O4/c14-7-2-1-3-8(4-7)16-11(17)6-15-12(18)9-5-10(9)13(19)20/h1-4,9-10H,5-6H2,(H,15,18)(H,16,17)(H,19,20). The number of hydrogen-bond acceptors (Lipinski definition) is 3. The highest BCUT2D eigenvalue weighted by Gasteiger charge is 2.48. The van der Waals surface area contributed by atoms with Gasteiger partial charge < -0.3 is 15.7 Å². The molecule has 2 rings (SSSR count). The molecule has 6 nitrogen and oxygen atoms in total. The highest BCUT2D eigenvalue weighted by molar-refractivity contribution is 5.96. The molecule has 2 amide bonds. The minimum Gasteiger partial charge on any atom is -0.481 e. The summed E-state index contributed by atoms with van der Waals surface area (Å²) >= 11 is 0. The van der Waals surface area contributed by atoms with Crippen LogP contribution in [0.2, 0.25) is 0 Å². The third-order valence-corrected chi connectivity index (χ3v) is 2.98. The fraction of sp³-hybridized carbons (Fsp3) is 0.308. The van der Waals surface area contributed by atoms with Crippen LogP contribution in [0, 0.1) is 17.7 Å². The number of halogens is 1. The molecule has 1 aromatic carbocycles. The monoisotopic (exact) mass is 280 g/mol. The third-order valence-electron chi connectivity index (χ3n) is 2.98. The predicted octanol–water partition coefficient (Wildman–Crippen LogP) is 0.601. The second kappa shape index (κ2) is 5.68. The minimum atomic E-state index is -1.01. The fourth-order valence-electron chi connectivity index (χ4n) is 1.83. The Bertz CT molecular complexity index is 561. The first-order chi connectivity index (χ1) is 9.47. The Labute approximate surface area is 114 Å². The molecule has 20 heavy (non-hydrogen) atoms. The maximum Gasteiger partial charge on any atom is 0.307 e. The maximum absolute atomic E-state index is 12.9. The van der Waals surface area contributed by atoms with Gasteiger partial charge in [0.25, 0.3) is 0 Å². The first kappa shape index (κ1) is 14.0. The first-order valence-electron chi connectivity index (χ1n) is 6.03. The maximum atomic E-state index is 12.9. The van der Waals surface area contributed by atoms with Gasteiger partial charge in [-0.2, -0.15) is 0 Å². The Balaban J connectivity index is 1.76. The second-order valence-electron chi connectivity index (χ2n) is 4.56. The van der Waals surface area contributed by atoms with Gasteiger partial charge in [-0.3, -0.25) is 14.4 Å². The molecule has 0 heterocycles. The quantitative estimate of drug-likeness (QED) is 0.736. The van der Waals surface area contributed by atoms with E-state index >= 15 is 0 Å². The Morgan fingerprint density at radius 3 is 2.65 bits per heavy atom. The van der Waals surface area contributed by atoms with Gasteiger partial charge in [-0.05, 0) is 24.6 Å². The van der Waals surface area contributed by atoms with Gasteiger partial charge in [0, 0.05) is 5.69 Å². The molecule has 0 radical (unpaired) electrons. The van der Waals surface area contributed by atoms with Crippen LogP contribution in [0.3, 0.4) is 0 Å². The molecule has 1 aliphatic carbocycles. The lowest BCUT2D eigenvalue weighted by Crippen LogP contribution is -2.34. The molecule has 2 atom stereocenters. The summed E-state index contributed by atoms with van der Waals surface area (Å²) in [6.45, 7) is -0.280. The van der Waals surface area contributed by atoms with E-state index in [1.54, 1.807) is 0 Å². The molecular weight excluding hydrogens is 267 g/mol. The molecule has 1 fully saturated rings. The average Bonchev–Trinajstić information content (AvgIpc) is 3.16. The Kier molecular flexibility index (Phi) is 3.97. The Hall–Kier alpha value is -2.44. The van der Waals surface area contributed by atoms with Crippen LogP contribution in [0.5, 0.6) is 0 Å². The van der Waals surface area contributed by atoms with Crippen molar-refractivity contribution in [2.75, 3.05) is 11.9 Å². The van der Waals surface area contributed by atoms with Crippen LogP contribution < -0.4 is 10.6 Å². The summed E-state index contributed by atoms with van der Waals surface area (Å²) in [6, 6.07) is 5.37. The van der Waals surface area contributed by atoms with Crippen molar-refractivity contribution < 1.29 is 23.9 Å². The molecule has 7 heteroatoms. The van der Waals surface area contributed by atoms with E-state index < -0.39 is 35.4 Å². The first-order valence-corrected chi connectivity index (χ1v) is 6.03. The van der Waals surface area contributed by atoms with E-state index in [1.807, 2.05) is 0 Å². The average molecular weight is 280 g/mol. The number of carbonyl (C=O) groups excluding carboxylic acids is 2. The molecule has 0 saturated heterocycles. The zero-order valence-corrected chi connectivity index (χ0v) is 10.4. The summed E-state index contributed by atoms with van der Waals surface area (Å²) in [5, 5.41) is 13.5. The van der Waals surface area contributed by atoms with Gasteiger partial charge in [0.15, 0.2) is 0 Å². The smallest absolute Gasteiger partial charge is 0.307 e. The van der Waals surface area contributed by atoms with E-state index in [9.17, 15) is 18.8 Å². The minimum absolute atomic E-state index is 0.280. The molecule has 1 aromatic rings. The van der Waals surface area contributed by atoms with Crippen LogP contribution in [-0.2, 0) is 14.4 Å². The molecule has 3 N–H and O–H groups in total. The van der Waals surface area contributed by atoms with Crippen LogP contribution in [-0.4, -0.2) is 29.4 Å². The summed E-state index contributed by atoms with van der Waals surface area (Å²) in [5.74, 6) is -3.65. The van der Waals surface area contributed by atoms with Gasteiger partial charge in [0.1, 0.15) is 5.82 Å². The molecule has 2 unspecified atom stereocenters. The SMILES string of the molecule is O=C(CNC(=O)C1CC1C(=O)O)Nc1cccc(F)c1. The summed E-state index contributed by atoms with van der Waals surface area (Å²) in [6.07, 6.45) is 0.298. The van der Waals surface area contributed by atoms with Crippen LogP contribution in [0.25, 0.3) is 0 Å². The zero-order chi connectivity index (χ0) is 14.7. The molecule has 106 valence electrons. The number of anilines is 1. The number of carboxylic acid groups (broad SMARTS) is 1. The lowest BCUT2D eigenvalue weighted by molar-refractivity contribution is -0.140. The van der Waals surface area contributed by atoms with Crippen molar-refractivity contribution in [2.45, 2.75) is 6.42 Å². The van der Waals surface area contributed by atoms with Gasteiger partial charge in [0.2, 0.25) is 11.8 Å². The van der Waals surface area contributed by atoms with Crippen molar-refractivity contribution in [1.82, 2.24) is 5.32 Å². The Morgan fingerprint density at radius 2 is 2.05 bits per heavy atom. The summed E-state index contributed by atoms with van der Waals surface area (Å²) in [7, 11) is 0. The molecule has 0 bridgehead atoms. The molecule has 1 saturated carbocycles. The van der Waals surface area contributed by atoms with E-state index in [4.69, 9.17) is 5.11 Å². The largest absolute Gasteiger partial charge is 0.481 e. The summed E-state index contributed by atoms with van der Waals surface area (Å²) in [4.78, 5) is 33.6. The van der Waals surface area contributed by atoms with Gasteiger partial charge in [-0.1, -0.05) is 6.07 Å². The predicted molar refractivity (Wildman–Crippen MR) is 67.3 cm³/mol. The third kappa shape index (κ3) is 3.53. The molecule has 0 aliphatic heterocycles. The number of amides is 2. The normalized spacial score (nSPS) is 20.1. The number of rotatable bonds is 5. The van der Waals surface area contributed by atoms with E-state index in [1.165, 1.54) is 18.2 Å². The van der Waals surface area contributed by atoms with Gasteiger partial charge >= 0.3 is 5.97 Å². The van der Waals surface area contributed by atoms with Crippen molar-refractivity contribution in [2.24, 2.45) is 11.8 Å². The number of carbonyl (C=O) groups is 3. The van der Waals surface area contributed by atoms with E-state index in [0.717, 1.165) is 6.07 Å². The van der Waals surface area contributed by atoms with Crippen molar-refractivity contribution in [3.8, 4) is 0 Å². The van der Waals surface area contributed by atoms with Gasteiger partial charge in [0.05, 0.1) is 18.4 Å².